The van der Waals surface area contributed by atoms with Crippen LogP contribution in [0.3, 0.4) is 0 Å². The average Bonchev–Trinajstić information content (AvgIpc) is 2.20. The van der Waals surface area contributed by atoms with Crippen molar-refractivity contribution in [3.05, 3.63) is 34.3 Å². The molecule has 78 valence electrons. The van der Waals surface area contributed by atoms with Crippen LogP contribution < -0.4 is 0 Å². The second-order valence-electron chi connectivity index (χ2n) is 2.46. The number of carboxylic acids is 1. The summed E-state index contributed by atoms with van der Waals surface area (Å²) in [5.41, 5.74) is 1.11. The Bertz CT molecular complexity index is 308. The van der Waals surface area contributed by atoms with E-state index in [0.29, 0.717) is 17.0 Å². The third-order valence-corrected chi connectivity index (χ3v) is 1.91. The average molecular weight is 215 g/mol. The van der Waals surface area contributed by atoms with Gasteiger partial charge in [0.15, 0.2) is 0 Å². The van der Waals surface area contributed by atoms with Crippen LogP contribution in [0.1, 0.15) is 36.7 Å². The highest BCUT2D eigenvalue weighted by molar-refractivity contribution is 6.30. The molecule has 0 spiro atoms. The largest absolute Gasteiger partial charge is 0.478 e. The van der Waals surface area contributed by atoms with Gasteiger partial charge in [0, 0.05) is 5.02 Å². The Hall–Kier alpha value is -1.02. The number of carboxylic acid groups (broad SMARTS) is 1. The van der Waals surface area contributed by atoms with Crippen LogP contribution in [0.4, 0.5) is 0 Å². The van der Waals surface area contributed by atoms with Gasteiger partial charge >= 0.3 is 5.97 Å². The summed E-state index contributed by atoms with van der Waals surface area (Å²) in [6.45, 7) is 5.90. The molecule has 1 rings (SSSR count). The monoisotopic (exact) mass is 214 g/mol. The van der Waals surface area contributed by atoms with E-state index >= 15 is 0 Å². The maximum atomic E-state index is 10.6. The van der Waals surface area contributed by atoms with Gasteiger partial charge < -0.3 is 5.11 Å². The number of rotatable bonds is 2. The van der Waals surface area contributed by atoms with Gasteiger partial charge in [0.25, 0.3) is 0 Å². The number of benzene rings is 1. The fourth-order valence-electron chi connectivity index (χ4n) is 1.06. The van der Waals surface area contributed by atoms with Crippen molar-refractivity contribution in [3.8, 4) is 0 Å². The number of hydrogen-bond acceptors (Lipinski definition) is 1. The summed E-state index contributed by atoms with van der Waals surface area (Å²) in [4.78, 5) is 10.6. The van der Waals surface area contributed by atoms with Crippen LogP contribution in [0.15, 0.2) is 18.2 Å². The van der Waals surface area contributed by atoms with Crippen molar-refractivity contribution < 1.29 is 9.90 Å². The van der Waals surface area contributed by atoms with Gasteiger partial charge in [-0.05, 0) is 30.2 Å². The van der Waals surface area contributed by atoms with Crippen LogP contribution in [-0.2, 0) is 6.42 Å². The summed E-state index contributed by atoms with van der Waals surface area (Å²) < 4.78 is 0. The molecule has 0 fully saturated rings. The highest BCUT2D eigenvalue weighted by Gasteiger charge is 2.07. The van der Waals surface area contributed by atoms with Crippen molar-refractivity contribution in [2.75, 3.05) is 0 Å². The quantitative estimate of drug-likeness (QED) is 0.817. The highest BCUT2D eigenvalue weighted by Crippen LogP contribution is 2.16. The van der Waals surface area contributed by atoms with E-state index in [-0.39, 0.29) is 0 Å². The van der Waals surface area contributed by atoms with Gasteiger partial charge in [0.05, 0.1) is 5.56 Å². The van der Waals surface area contributed by atoms with Crippen molar-refractivity contribution in [1.29, 1.82) is 0 Å². The summed E-state index contributed by atoms with van der Waals surface area (Å²) in [6, 6.07) is 4.80. The predicted molar refractivity (Wildman–Crippen MR) is 59.1 cm³/mol. The molecule has 0 atom stereocenters. The zero-order chi connectivity index (χ0) is 11.1. The molecule has 0 aliphatic heterocycles. The maximum absolute atomic E-state index is 10.6. The van der Waals surface area contributed by atoms with Gasteiger partial charge in [0.2, 0.25) is 0 Å². The third kappa shape index (κ3) is 3.38. The molecule has 0 aromatic heterocycles. The number of hydrogen-bond donors (Lipinski definition) is 1. The van der Waals surface area contributed by atoms with Crippen LogP contribution in [0.5, 0.6) is 0 Å². The summed E-state index contributed by atoms with van der Waals surface area (Å²) >= 11 is 5.71. The zero-order valence-electron chi connectivity index (χ0n) is 8.67. The maximum Gasteiger partial charge on any atom is 0.335 e. The van der Waals surface area contributed by atoms with Crippen molar-refractivity contribution >= 4 is 17.6 Å². The minimum atomic E-state index is -0.900. The molecule has 2 nitrogen and oxygen atoms in total. The molecule has 1 N–H and O–H groups in total. The normalized spacial score (nSPS) is 8.86. The van der Waals surface area contributed by atoms with Gasteiger partial charge in [-0.2, -0.15) is 0 Å². The molecule has 0 radical (unpaired) electrons. The number of carbonyl (C=O) groups is 1. The second-order valence-corrected chi connectivity index (χ2v) is 2.90. The third-order valence-electron chi connectivity index (χ3n) is 1.68. The molecular weight excluding hydrogens is 200 g/mol. The van der Waals surface area contributed by atoms with E-state index < -0.39 is 5.97 Å². The first-order chi connectivity index (χ1) is 6.65. The first-order valence-electron chi connectivity index (χ1n) is 4.67. The molecule has 0 amide bonds. The van der Waals surface area contributed by atoms with Gasteiger partial charge in [-0.25, -0.2) is 4.79 Å². The topological polar surface area (TPSA) is 37.3 Å². The summed E-state index contributed by atoms with van der Waals surface area (Å²) in [5.74, 6) is -0.900. The Morgan fingerprint density at radius 1 is 1.43 bits per heavy atom. The molecule has 14 heavy (non-hydrogen) atoms. The van der Waals surface area contributed by atoms with E-state index in [1.807, 2.05) is 20.8 Å². The molecule has 0 heterocycles. The smallest absolute Gasteiger partial charge is 0.335 e. The summed E-state index contributed by atoms with van der Waals surface area (Å²) in [5, 5.41) is 9.32. The molecular formula is C11H15ClO2. The minimum Gasteiger partial charge on any atom is -0.478 e. The van der Waals surface area contributed by atoms with Crippen LogP contribution >= 0.6 is 11.6 Å². The van der Waals surface area contributed by atoms with Gasteiger partial charge in [-0.15, -0.1) is 0 Å². The molecule has 0 aliphatic carbocycles. The Balaban J connectivity index is 0.000000791. The van der Waals surface area contributed by atoms with E-state index in [0.717, 1.165) is 5.56 Å². The lowest BCUT2D eigenvalue weighted by Crippen LogP contribution is -2.00. The first kappa shape index (κ1) is 13.0. The molecule has 0 bridgehead atoms. The number of aryl methyl sites for hydroxylation is 1. The predicted octanol–water partition coefficient (Wildman–Crippen LogP) is 3.63. The van der Waals surface area contributed by atoms with Crippen LogP contribution in [0.25, 0.3) is 0 Å². The highest BCUT2D eigenvalue weighted by atomic mass is 35.5. The SMILES string of the molecule is CC.CCc1cc(Cl)ccc1C(=O)O. The van der Waals surface area contributed by atoms with Crippen LogP contribution in [0.2, 0.25) is 5.02 Å². The molecule has 0 saturated heterocycles. The minimum absolute atomic E-state index is 0.335. The summed E-state index contributed by atoms with van der Waals surface area (Å²) in [6.07, 6.45) is 0.683. The van der Waals surface area contributed by atoms with Gasteiger partial charge in [-0.1, -0.05) is 32.4 Å². The fourth-order valence-corrected chi connectivity index (χ4v) is 1.26. The van der Waals surface area contributed by atoms with Gasteiger partial charge in [-0.3, -0.25) is 0 Å². The van der Waals surface area contributed by atoms with E-state index in [2.05, 4.69) is 0 Å². The molecule has 3 heteroatoms. The Morgan fingerprint density at radius 3 is 2.43 bits per heavy atom. The first-order valence-corrected chi connectivity index (χ1v) is 5.04. The van der Waals surface area contributed by atoms with Crippen molar-refractivity contribution in [2.45, 2.75) is 27.2 Å². The standard InChI is InChI=1S/C9H9ClO2.C2H6/c1-2-6-5-7(10)3-4-8(6)9(11)12;1-2/h3-5H,2H2,1H3,(H,11,12);1-2H3. The Labute approximate surface area is 89.5 Å². The lowest BCUT2D eigenvalue weighted by molar-refractivity contribution is 0.0696. The fraction of sp³-hybridized carbons (Fsp3) is 0.364. The Kier molecular flexibility index (Phi) is 5.97. The molecule has 0 aliphatic rings. The second kappa shape index (κ2) is 6.44. The van der Waals surface area contributed by atoms with E-state index in [1.165, 1.54) is 6.07 Å². The van der Waals surface area contributed by atoms with Crippen LogP contribution in [0, 0.1) is 0 Å². The lowest BCUT2D eigenvalue weighted by Gasteiger charge is -2.02. The van der Waals surface area contributed by atoms with E-state index in [4.69, 9.17) is 16.7 Å². The van der Waals surface area contributed by atoms with E-state index in [9.17, 15) is 4.79 Å². The number of halogens is 1. The summed E-state index contributed by atoms with van der Waals surface area (Å²) in [7, 11) is 0. The van der Waals surface area contributed by atoms with Crippen molar-refractivity contribution in [2.24, 2.45) is 0 Å². The zero-order valence-corrected chi connectivity index (χ0v) is 9.43. The van der Waals surface area contributed by atoms with E-state index in [1.54, 1.807) is 12.1 Å². The molecule has 1 aromatic carbocycles. The number of aromatic carboxylic acids is 1. The van der Waals surface area contributed by atoms with Gasteiger partial charge in [0.1, 0.15) is 0 Å². The molecule has 0 saturated carbocycles. The van der Waals surface area contributed by atoms with Crippen LogP contribution in [-0.4, -0.2) is 11.1 Å². The molecule has 1 aromatic rings. The van der Waals surface area contributed by atoms with Crippen molar-refractivity contribution in [3.63, 3.8) is 0 Å². The van der Waals surface area contributed by atoms with Crippen molar-refractivity contribution in [1.82, 2.24) is 0 Å². The lowest BCUT2D eigenvalue weighted by atomic mass is 10.1. The molecule has 0 unspecified atom stereocenters. The Morgan fingerprint density at radius 2 is 2.00 bits per heavy atom.